The van der Waals surface area contributed by atoms with Crippen LogP contribution in [0.5, 0.6) is 0 Å². The number of hydrogen-bond donors (Lipinski definition) is 3. The van der Waals surface area contributed by atoms with Crippen LogP contribution in [0.1, 0.15) is 18.4 Å². The first-order valence-electron chi connectivity index (χ1n) is 5.37. The highest BCUT2D eigenvalue weighted by Gasteiger charge is 2.27. The zero-order valence-electron chi connectivity index (χ0n) is 10.0. The van der Waals surface area contributed by atoms with Crippen LogP contribution in [0.25, 0.3) is 0 Å². The summed E-state index contributed by atoms with van der Waals surface area (Å²) in [5.41, 5.74) is 6.07. The number of halogens is 4. The normalized spacial score (nSPS) is 12.3. The SMILES string of the molecule is N/C(=N/O)c1ccc(NC(=O)CCC(F)(F)F)c(Br)c1. The van der Waals surface area contributed by atoms with Gasteiger partial charge in [0.25, 0.3) is 0 Å². The molecule has 9 heteroatoms. The van der Waals surface area contributed by atoms with Crippen LogP contribution in [0.3, 0.4) is 0 Å². The highest BCUT2D eigenvalue weighted by molar-refractivity contribution is 9.10. The number of anilines is 1. The van der Waals surface area contributed by atoms with Gasteiger partial charge in [-0.2, -0.15) is 13.2 Å². The molecule has 0 aliphatic heterocycles. The number of carbonyl (C=O) groups excluding carboxylic acids is 1. The lowest BCUT2D eigenvalue weighted by atomic mass is 10.2. The summed E-state index contributed by atoms with van der Waals surface area (Å²) in [5.74, 6) is -0.875. The fraction of sp³-hybridized carbons (Fsp3) is 0.273. The molecular weight excluding hydrogens is 343 g/mol. The van der Waals surface area contributed by atoms with Crippen LogP contribution < -0.4 is 11.1 Å². The number of benzene rings is 1. The van der Waals surface area contributed by atoms with Crippen LogP contribution in [0.15, 0.2) is 27.8 Å². The van der Waals surface area contributed by atoms with Crippen LogP contribution >= 0.6 is 15.9 Å². The smallest absolute Gasteiger partial charge is 0.389 e. The molecule has 0 heterocycles. The van der Waals surface area contributed by atoms with Gasteiger partial charge in [-0.1, -0.05) is 5.16 Å². The van der Waals surface area contributed by atoms with Gasteiger partial charge in [-0.15, -0.1) is 0 Å². The van der Waals surface area contributed by atoms with E-state index in [0.717, 1.165) is 0 Å². The predicted octanol–water partition coefficient (Wildman–Crippen LogP) is 2.82. The van der Waals surface area contributed by atoms with Crippen molar-refractivity contribution >= 4 is 33.4 Å². The Hall–Kier alpha value is -1.77. The van der Waals surface area contributed by atoms with Gasteiger partial charge in [0.1, 0.15) is 0 Å². The van der Waals surface area contributed by atoms with E-state index in [-0.39, 0.29) is 5.84 Å². The summed E-state index contributed by atoms with van der Waals surface area (Å²) in [6.07, 6.45) is -6.21. The Morgan fingerprint density at radius 3 is 2.60 bits per heavy atom. The Morgan fingerprint density at radius 2 is 2.10 bits per heavy atom. The molecule has 0 radical (unpaired) electrons. The van der Waals surface area contributed by atoms with E-state index in [0.29, 0.717) is 15.7 Å². The Bertz CT molecular complexity index is 532. The highest BCUT2D eigenvalue weighted by atomic mass is 79.9. The molecule has 0 fully saturated rings. The van der Waals surface area contributed by atoms with Crippen molar-refractivity contribution in [1.29, 1.82) is 0 Å². The highest BCUT2D eigenvalue weighted by Crippen LogP contribution is 2.25. The average molecular weight is 354 g/mol. The van der Waals surface area contributed by atoms with Gasteiger partial charge in [0.05, 0.1) is 12.1 Å². The largest absolute Gasteiger partial charge is 0.409 e. The molecule has 0 spiro atoms. The van der Waals surface area contributed by atoms with E-state index in [9.17, 15) is 18.0 Å². The molecule has 5 nitrogen and oxygen atoms in total. The van der Waals surface area contributed by atoms with Crippen molar-refractivity contribution in [3.05, 3.63) is 28.2 Å². The van der Waals surface area contributed by atoms with E-state index in [2.05, 4.69) is 26.4 Å². The fourth-order valence-electron chi connectivity index (χ4n) is 1.30. The van der Waals surface area contributed by atoms with E-state index in [1.165, 1.54) is 18.2 Å². The number of oxime groups is 1. The van der Waals surface area contributed by atoms with Gasteiger partial charge < -0.3 is 16.3 Å². The second-order valence-electron chi connectivity index (χ2n) is 3.84. The van der Waals surface area contributed by atoms with Gasteiger partial charge in [0, 0.05) is 16.5 Å². The van der Waals surface area contributed by atoms with Gasteiger partial charge in [0.2, 0.25) is 5.91 Å². The van der Waals surface area contributed by atoms with Crippen molar-refractivity contribution in [2.75, 3.05) is 5.32 Å². The number of hydrogen-bond acceptors (Lipinski definition) is 3. The van der Waals surface area contributed by atoms with Crippen LogP contribution in [0.2, 0.25) is 0 Å². The van der Waals surface area contributed by atoms with Crippen molar-refractivity contribution < 1.29 is 23.2 Å². The Labute approximate surface area is 120 Å². The number of carbonyl (C=O) groups is 1. The third-order valence-corrected chi connectivity index (χ3v) is 2.94. The zero-order chi connectivity index (χ0) is 15.3. The van der Waals surface area contributed by atoms with E-state index in [1.807, 2.05) is 0 Å². The number of nitrogens with zero attached hydrogens (tertiary/aromatic N) is 1. The second-order valence-corrected chi connectivity index (χ2v) is 4.70. The molecule has 0 aliphatic rings. The van der Waals surface area contributed by atoms with Crippen LogP contribution in [0, 0.1) is 0 Å². The molecule has 0 atom stereocenters. The lowest BCUT2D eigenvalue weighted by molar-refractivity contribution is -0.142. The molecule has 0 aromatic heterocycles. The van der Waals surface area contributed by atoms with Crippen molar-refractivity contribution in [2.45, 2.75) is 19.0 Å². The first kappa shape index (κ1) is 16.3. The minimum Gasteiger partial charge on any atom is -0.409 e. The summed E-state index contributed by atoms with van der Waals surface area (Å²) in [6, 6.07) is 4.36. The monoisotopic (exact) mass is 353 g/mol. The minimum atomic E-state index is -4.37. The molecule has 1 amide bonds. The molecule has 4 N–H and O–H groups in total. The van der Waals surface area contributed by atoms with Crippen molar-refractivity contribution in [2.24, 2.45) is 10.9 Å². The third kappa shape index (κ3) is 5.08. The maximum atomic E-state index is 12.0. The number of amides is 1. The first-order valence-corrected chi connectivity index (χ1v) is 6.16. The van der Waals surface area contributed by atoms with E-state index < -0.39 is 24.9 Å². The zero-order valence-corrected chi connectivity index (χ0v) is 11.6. The summed E-state index contributed by atoms with van der Waals surface area (Å²) >= 11 is 3.13. The lowest BCUT2D eigenvalue weighted by Crippen LogP contribution is -2.17. The molecule has 0 saturated heterocycles. The molecule has 1 aromatic carbocycles. The third-order valence-electron chi connectivity index (χ3n) is 2.28. The molecule has 110 valence electrons. The molecule has 0 aliphatic carbocycles. The summed E-state index contributed by atoms with van der Waals surface area (Å²) in [5, 5.41) is 13.7. The number of nitrogens with two attached hydrogens (primary N) is 1. The quantitative estimate of drug-likeness (QED) is 0.336. The van der Waals surface area contributed by atoms with Crippen molar-refractivity contribution in [3.8, 4) is 0 Å². The van der Waals surface area contributed by atoms with Crippen LogP contribution in [-0.2, 0) is 4.79 Å². The topological polar surface area (TPSA) is 87.7 Å². The Morgan fingerprint density at radius 1 is 1.45 bits per heavy atom. The fourth-order valence-corrected chi connectivity index (χ4v) is 1.78. The molecule has 0 bridgehead atoms. The number of nitrogens with one attached hydrogen (secondary N) is 1. The first-order chi connectivity index (χ1) is 9.23. The second kappa shape index (κ2) is 6.60. The summed E-state index contributed by atoms with van der Waals surface area (Å²) in [4.78, 5) is 11.4. The maximum absolute atomic E-state index is 12.0. The van der Waals surface area contributed by atoms with Gasteiger partial charge in [-0.3, -0.25) is 4.79 Å². The predicted molar refractivity (Wildman–Crippen MR) is 70.6 cm³/mol. The Kier molecular flexibility index (Phi) is 5.37. The summed E-state index contributed by atoms with van der Waals surface area (Å²) in [7, 11) is 0. The van der Waals surface area contributed by atoms with Crippen LogP contribution in [0.4, 0.5) is 18.9 Å². The van der Waals surface area contributed by atoms with Gasteiger partial charge in [-0.05, 0) is 34.1 Å². The molecule has 0 unspecified atom stereocenters. The van der Waals surface area contributed by atoms with Gasteiger partial charge in [0.15, 0.2) is 5.84 Å². The summed E-state index contributed by atoms with van der Waals surface area (Å²) < 4.78 is 36.3. The molecule has 20 heavy (non-hydrogen) atoms. The van der Waals surface area contributed by atoms with E-state index in [1.54, 1.807) is 0 Å². The Balaban J connectivity index is 2.72. The lowest BCUT2D eigenvalue weighted by Gasteiger charge is -2.10. The maximum Gasteiger partial charge on any atom is 0.389 e. The van der Waals surface area contributed by atoms with Gasteiger partial charge >= 0.3 is 6.18 Å². The number of alkyl halides is 3. The number of rotatable bonds is 4. The van der Waals surface area contributed by atoms with E-state index >= 15 is 0 Å². The number of amidine groups is 1. The average Bonchev–Trinajstić information content (AvgIpc) is 2.37. The van der Waals surface area contributed by atoms with Gasteiger partial charge in [-0.25, -0.2) is 0 Å². The van der Waals surface area contributed by atoms with E-state index in [4.69, 9.17) is 10.9 Å². The molecule has 1 aromatic rings. The van der Waals surface area contributed by atoms with Crippen molar-refractivity contribution in [1.82, 2.24) is 0 Å². The van der Waals surface area contributed by atoms with Crippen LogP contribution in [-0.4, -0.2) is 23.1 Å². The summed E-state index contributed by atoms with van der Waals surface area (Å²) in [6.45, 7) is 0. The standard InChI is InChI=1S/C11H11BrF3N3O2/c12-7-5-6(10(16)18-20)1-2-8(7)17-9(19)3-4-11(13,14)15/h1-2,5,20H,3-4H2,(H2,16,18)(H,17,19). The minimum absolute atomic E-state index is 0.124. The van der Waals surface area contributed by atoms with Crippen molar-refractivity contribution in [3.63, 3.8) is 0 Å². The molecule has 0 saturated carbocycles. The molecule has 1 rings (SSSR count). The molecular formula is C11H11BrF3N3O2.